The van der Waals surface area contributed by atoms with E-state index < -0.39 is 0 Å². The second-order valence-corrected chi connectivity index (χ2v) is 4.77. The van der Waals surface area contributed by atoms with Crippen molar-refractivity contribution in [1.29, 1.82) is 0 Å². The number of nitrogens with two attached hydrogens (primary N) is 1. The SMILES string of the molecule is CCCn1c(CCN)nc2cc(Br)ccc21. The fourth-order valence-corrected chi connectivity index (χ4v) is 2.29. The average molecular weight is 282 g/mol. The van der Waals surface area contributed by atoms with E-state index in [1.54, 1.807) is 0 Å². The minimum absolute atomic E-state index is 0.647. The highest BCUT2D eigenvalue weighted by molar-refractivity contribution is 9.10. The molecule has 0 fully saturated rings. The van der Waals surface area contributed by atoms with E-state index in [1.807, 2.05) is 0 Å². The third-order valence-electron chi connectivity index (χ3n) is 2.60. The van der Waals surface area contributed by atoms with E-state index in [-0.39, 0.29) is 0 Å². The number of halogens is 1. The van der Waals surface area contributed by atoms with Gasteiger partial charge in [0.25, 0.3) is 0 Å². The largest absolute Gasteiger partial charge is 0.330 e. The fraction of sp³-hybridized carbons (Fsp3) is 0.417. The van der Waals surface area contributed by atoms with E-state index in [0.717, 1.165) is 35.2 Å². The van der Waals surface area contributed by atoms with Crippen LogP contribution in [0, 0.1) is 0 Å². The maximum Gasteiger partial charge on any atom is 0.111 e. The van der Waals surface area contributed by atoms with Crippen molar-refractivity contribution in [2.45, 2.75) is 26.3 Å². The van der Waals surface area contributed by atoms with Crippen molar-refractivity contribution in [3.05, 3.63) is 28.5 Å². The Bertz CT molecular complexity index is 490. The molecule has 1 aromatic heterocycles. The van der Waals surface area contributed by atoms with Crippen molar-refractivity contribution < 1.29 is 0 Å². The van der Waals surface area contributed by atoms with E-state index in [0.29, 0.717) is 6.54 Å². The van der Waals surface area contributed by atoms with Gasteiger partial charge in [-0.1, -0.05) is 22.9 Å². The molecule has 16 heavy (non-hydrogen) atoms. The summed E-state index contributed by atoms with van der Waals surface area (Å²) in [6, 6.07) is 6.23. The van der Waals surface area contributed by atoms with Crippen LogP contribution in [0.4, 0.5) is 0 Å². The van der Waals surface area contributed by atoms with Gasteiger partial charge in [0.15, 0.2) is 0 Å². The average Bonchev–Trinajstić information content (AvgIpc) is 2.57. The molecule has 0 aliphatic rings. The number of aromatic nitrogens is 2. The van der Waals surface area contributed by atoms with Gasteiger partial charge in [0, 0.05) is 17.4 Å². The Balaban J connectivity index is 2.56. The molecule has 1 aromatic carbocycles. The molecule has 86 valence electrons. The topological polar surface area (TPSA) is 43.8 Å². The molecule has 1 heterocycles. The normalized spacial score (nSPS) is 11.2. The van der Waals surface area contributed by atoms with Crippen LogP contribution in [0.3, 0.4) is 0 Å². The molecule has 4 heteroatoms. The number of rotatable bonds is 4. The van der Waals surface area contributed by atoms with Gasteiger partial charge in [0.1, 0.15) is 5.82 Å². The number of fused-ring (bicyclic) bond motifs is 1. The first kappa shape index (κ1) is 11.6. The number of imidazole rings is 1. The second-order valence-electron chi connectivity index (χ2n) is 3.85. The van der Waals surface area contributed by atoms with Crippen LogP contribution in [0.5, 0.6) is 0 Å². The van der Waals surface area contributed by atoms with Gasteiger partial charge in [0.05, 0.1) is 11.0 Å². The van der Waals surface area contributed by atoms with E-state index in [4.69, 9.17) is 5.73 Å². The van der Waals surface area contributed by atoms with Gasteiger partial charge in [-0.15, -0.1) is 0 Å². The van der Waals surface area contributed by atoms with Crippen LogP contribution in [0.2, 0.25) is 0 Å². The zero-order valence-electron chi connectivity index (χ0n) is 9.41. The number of nitrogens with zero attached hydrogens (tertiary/aromatic N) is 2. The summed E-state index contributed by atoms with van der Waals surface area (Å²) in [7, 11) is 0. The molecular formula is C12H16BrN3. The van der Waals surface area contributed by atoms with Gasteiger partial charge in [0.2, 0.25) is 0 Å². The summed E-state index contributed by atoms with van der Waals surface area (Å²) in [6.07, 6.45) is 1.95. The van der Waals surface area contributed by atoms with Gasteiger partial charge in [-0.05, 0) is 31.2 Å². The Morgan fingerprint density at radius 3 is 2.94 bits per heavy atom. The fourth-order valence-electron chi connectivity index (χ4n) is 1.95. The highest BCUT2D eigenvalue weighted by Gasteiger charge is 2.09. The number of benzene rings is 1. The number of hydrogen-bond donors (Lipinski definition) is 1. The van der Waals surface area contributed by atoms with Crippen molar-refractivity contribution >= 4 is 27.0 Å². The molecule has 0 spiro atoms. The van der Waals surface area contributed by atoms with E-state index in [1.165, 1.54) is 5.52 Å². The molecule has 0 saturated heterocycles. The Labute approximate surface area is 104 Å². The van der Waals surface area contributed by atoms with Crippen molar-refractivity contribution in [3.8, 4) is 0 Å². The van der Waals surface area contributed by atoms with E-state index in [2.05, 4.69) is 50.6 Å². The second kappa shape index (κ2) is 4.97. The van der Waals surface area contributed by atoms with Crippen LogP contribution < -0.4 is 5.73 Å². The molecule has 2 rings (SSSR count). The van der Waals surface area contributed by atoms with Crippen LogP contribution >= 0.6 is 15.9 Å². The number of hydrogen-bond acceptors (Lipinski definition) is 2. The van der Waals surface area contributed by atoms with Crippen LogP contribution in [-0.2, 0) is 13.0 Å². The van der Waals surface area contributed by atoms with Crippen LogP contribution in [-0.4, -0.2) is 16.1 Å². The van der Waals surface area contributed by atoms with Crippen molar-refractivity contribution in [1.82, 2.24) is 9.55 Å². The Morgan fingerprint density at radius 1 is 1.44 bits per heavy atom. The maximum atomic E-state index is 5.61. The van der Waals surface area contributed by atoms with Crippen LogP contribution in [0.15, 0.2) is 22.7 Å². The van der Waals surface area contributed by atoms with Crippen molar-refractivity contribution in [3.63, 3.8) is 0 Å². The molecule has 0 aliphatic heterocycles. The molecule has 0 atom stereocenters. The monoisotopic (exact) mass is 281 g/mol. The minimum atomic E-state index is 0.647. The van der Waals surface area contributed by atoms with Gasteiger partial charge in [-0.25, -0.2) is 4.98 Å². The first-order valence-corrected chi connectivity index (χ1v) is 6.40. The predicted molar refractivity (Wildman–Crippen MR) is 70.5 cm³/mol. The lowest BCUT2D eigenvalue weighted by Crippen LogP contribution is -2.09. The highest BCUT2D eigenvalue weighted by Crippen LogP contribution is 2.21. The zero-order valence-corrected chi connectivity index (χ0v) is 11.0. The first-order chi connectivity index (χ1) is 7.76. The Morgan fingerprint density at radius 2 is 2.25 bits per heavy atom. The summed E-state index contributed by atoms with van der Waals surface area (Å²) in [5.41, 5.74) is 7.86. The van der Waals surface area contributed by atoms with Gasteiger partial charge < -0.3 is 10.3 Å². The zero-order chi connectivity index (χ0) is 11.5. The molecule has 2 aromatic rings. The highest BCUT2D eigenvalue weighted by atomic mass is 79.9. The smallest absolute Gasteiger partial charge is 0.111 e. The molecule has 0 saturated carbocycles. The minimum Gasteiger partial charge on any atom is -0.330 e. The van der Waals surface area contributed by atoms with Crippen molar-refractivity contribution in [2.75, 3.05) is 6.54 Å². The van der Waals surface area contributed by atoms with Gasteiger partial charge in [-0.2, -0.15) is 0 Å². The lowest BCUT2D eigenvalue weighted by molar-refractivity contribution is 0.652. The maximum absolute atomic E-state index is 5.61. The summed E-state index contributed by atoms with van der Waals surface area (Å²) in [5, 5.41) is 0. The predicted octanol–water partition coefficient (Wildman–Crippen LogP) is 2.71. The summed E-state index contributed by atoms with van der Waals surface area (Å²) in [5.74, 6) is 1.09. The molecule has 0 radical (unpaired) electrons. The quantitative estimate of drug-likeness (QED) is 0.937. The van der Waals surface area contributed by atoms with Gasteiger partial charge in [-0.3, -0.25) is 0 Å². The lowest BCUT2D eigenvalue weighted by Gasteiger charge is -2.06. The number of aryl methyl sites for hydroxylation is 1. The molecular weight excluding hydrogens is 266 g/mol. The lowest BCUT2D eigenvalue weighted by atomic mass is 10.3. The van der Waals surface area contributed by atoms with E-state index in [9.17, 15) is 0 Å². The summed E-state index contributed by atoms with van der Waals surface area (Å²) >= 11 is 3.47. The van der Waals surface area contributed by atoms with Crippen LogP contribution in [0.25, 0.3) is 11.0 Å². The first-order valence-electron chi connectivity index (χ1n) is 5.61. The van der Waals surface area contributed by atoms with Gasteiger partial charge >= 0.3 is 0 Å². The Hall–Kier alpha value is -0.870. The summed E-state index contributed by atoms with van der Waals surface area (Å²) < 4.78 is 3.34. The van der Waals surface area contributed by atoms with E-state index >= 15 is 0 Å². The van der Waals surface area contributed by atoms with Crippen molar-refractivity contribution in [2.24, 2.45) is 5.73 Å². The summed E-state index contributed by atoms with van der Waals surface area (Å²) in [6.45, 7) is 3.83. The Kier molecular flexibility index (Phi) is 3.61. The molecule has 0 amide bonds. The van der Waals surface area contributed by atoms with Crippen LogP contribution in [0.1, 0.15) is 19.2 Å². The molecule has 0 unspecified atom stereocenters. The molecule has 0 aliphatic carbocycles. The third kappa shape index (κ3) is 2.13. The summed E-state index contributed by atoms with van der Waals surface area (Å²) in [4.78, 5) is 4.63. The third-order valence-corrected chi connectivity index (χ3v) is 3.10. The molecule has 2 N–H and O–H groups in total. The molecule has 3 nitrogen and oxygen atoms in total. The standard InChI is InChI=1S/C12H16BrN3/c1-2-7-16-11-4-3-9(13)8-10(11)15-12(16)5-6-14/h3-4,8H,2,5-7,14H2,1H3. The molecule has 0 bridgehead atoms.